The molecule has 0 atom stereocenters. The summed E-state index contributed by atoms with van der Waals surface area (Å²) >= 11 is 0. The number of hydrogen-bond donors (Lipinski definition) is 0. The van der Waals surface area contributed by atoms with Crippen molar-refractivity contribution in [1.29, 1.82) is 0 Å². The lowest BCUT2D eigenvalue weighted by Gasteiger charge is -2.39. The van der Waals surface area contributed by atoms with Crippen LogP contribution in [0.3, 0.4) is 0 Å². The monoisotopic (exact) mass is 293 g/mol. The average Bonchev–Trinajstić information content (AvgIpc) is 2.27. The van der Waals surface area contributed by atoms with Gasteiger partial charge in [-0.05, 0) is 63.6 Å². The van der Waals surface area contributed by atoms with Gasteiger partial charge in [0.15, 0.2) is 0 Å². The van der Waals surface area contributed by atoms with Crippen LogP contribution in [0.4, 0.5) is 9.18 Å². The van der Waals surface area contributed by atoms with Gasteiger partial charge in [0, 0.05) is 13.1 Å². The lowest BCUT2D eigenvalue weighted by Crippen LogP contribution is -2.51. The Morgan fingerprint density at radius 2 is 2.05 bits per heavy atom. The largest absolute Gasteiger partial charge is 0.444 e. The summed E-state index contributed by atoms with van der Waals surface area (Å²) in [5, 5.41) is 0. The van der Waals surface area contributed by atoms with Gasteiger partial charge < -0.3 is 9.64 Å². The maximum absolute atomic E-state index is 13.7. The third kappa shape index (κ3) is 4.45. The first-order valence-corrected chi connectivity index (χ1v) is 7.47. The second-order valence-corrected chi connectivity index (χ2v) is 6.88. The molecule has 1 aliphatic rings. The van der Waals surface area contributed by atoms with Crippen LogP contribution in [-0.4, -0.2) is 29.7 Å². The van der Waals surface area contributed by atoms with Crippen molar-refractivity contribution in [1.82, 2.24) is 4.90 Å². The van der Waals surface area contributed by atoms with Crippen LogP contribution in [0.25, 0.3) is 0 Å². The number of carbonyl (C=O) groups excluding carboxylic acids is 1. The minimum absolute atomic E-state index is 0.127. The molecule has 0 unspecified atom stereocenters. The number of hydrogen-bond acceptors (Lipinski definition) is 2. The van der Waals surface area contributed by atoms with E-state index in [9.17, 15) is 9.18 Å². The van der Waals surface area contributed by atoms with E-state index < -0.39 is 5.60 Å². The molecule has 1 aromatic rings. The fourth-order valence-electron chi connectivity index (χ4n) is 2.44. The number of nitrogens with zero attached hydrogens (tertiary/aromatic N) is 1. The lowest BCUT2D eigenvalue weighted by molar-refractivity contribution is -0.00205. The van der Waals surface area contributed by atoms with Gasteiger partial charge >= 0.3 is 6.09 Å². The van der Waals surface area contributed by atoms with E-state index in [4.69, 9.17) is 4.74 Å². The molecule has 3 nitrogen and oxygen atoms in total. The lowest BCUT2D eigenvalue weighted by atomic mass is 9.92. The molecule has 0 bridgehead atoms. The van der Waals surface area contributed by atoms with Crippen molar-refractivity contribution < 1.29 is 13.9 Å². The summed E-state index contributed by atoms with van der Waals surface area (Å²) in [6.45, 7) is 8.90. The molecule has 1 fully saturated rings. The standard InChI is InChI=1S/C17H24FNO2/c1-12-5-7-14(15(18)9-12)8-6-13-10-19(11-13)16(20)21-17(2,3)4/h5,7,9,13H,6,8,10-11H2,1-4H3. The van der Waals surface area contributed by atoms with Gasteiger partial charge in [-0.15, -0.1) is 0 Å². The maximum atomic E-state index is 13.7. The molecule has 1 aromatic carbocycles. The SMILES string of the molecule is Cc1ccc(CCC2CN(C(=O)OC(C)(C)C)C2)c(F)c1. The van der Waals surface area contributed by atoms with Crippen LogP contribution in [-0.2, 0) is 11.2 Å². The molecule has 1 heterocycles. The molecular weight excluding hydrogens is 269 g/mol. The molecular formula is C17H24FNO2. The van der Waals surface area contributed by atoms with Gasteiger partial charge in [-0.1, -0.05) is 12.1 Å². The third-order valence-electron chi connectivity index (χ3n) is 3.64. The van der Waals surface area contributed by atoms with Crippen molar-refractivity contribution in [3.05, 3.63) is 35.1 Å². The van der Waals surface area contributed by atoms with E-state index in [1.165, 1.54) is 0 Å². The number of rotatable bonds is 3. The molecule has 1 saturated heterocycles. The van der Waals surface area contributed by atoms with Crippen LogP contribution in [0.2, 0.25) is 0 Å². The number of aryl methyl sites for hydroxylation is 2. The highest BCUT2D eigenvalue weighted by atomic mass is 19.1. The van der Waals surface area contributed by atoms with Crippen LogP contribution in [0.1, 0.15) is 38.3 Å². The fourth-order valence-corrected chi connectivity index (χ4v) is 2.44. The molecule has 116 valence electrons. The fraction of sp³-hybridized carbons (Fsp3) is 0.588. The van der Waals surface area contributed by atoms with Crippen molar-refractivity contribution in [2.45, 2.75) is 46.1 Å². The maximum Gasteiger partial charge on any atom is 0.410 e. The number of benzene rings is 1. The van der Waals surface area contributed by atoms with E-state index in [0.29, 0.717) is 19.0 Å². The first-order valence-electron chi connectivity index (χ1n) is 7.47. The van der Waals surface area contributed by atoms with Crippen LogP contribution in [0.5, 0.6) is 0 Å². The molecule has 0 saturated carbocycles. The van der Waals surface area contributed by atoms with Gasteiger partial charge in [0.1, 0.15) is 11.4 Å². The topological polar surface area (TPSA) is 29.5 Å². The number of amides is 1. The van der Waals surface area contributed by atoms with Gasteiger partial charge in [-0.2, -0.15) is 0 Å². The Morgan fingerprint density at radius 3 is 2.62 bits per heavy atom. The van der Waals surface area contributed by atoms with Crippen molar-refractivity contribution in [2.75, 3.05) is 13.1 Å². The van der Waals surface area contributed by atoms with E-state index in [1.807, 2.05) is 39.8 Å². The summed E-state index contributed by atoms with van der Waals surface area (Å²) < 4.78 is 19.0. The van der Waals surface area contributed by atoms with Crippen LogP contribution < -0.4 is 0 Å². The first-order chi connectivity index (χ1) is 9.74. The Labute approximate surface area is 126 Å². The summed E-state index contributed by atoms with van der Waals surface area (Å²) in [5.74, 6) is 0.316. The Morgan fingerprint density at radius 1 is 1.38 bits per heavy atom. The highest BCUT2D eigenvalue weighted by Gasteiger charge is 2.33. The minimum atomic E-state index is -0.451. The van der Waals surface area contributed by atoms with Crippen LogP contribution >= 0.6 is 0 Å². The molecule has 21 heavy (non-hydrogen) atoms. The van der Waals surface area contributed by atoms with Crippen molar-refractivity contribution >= 4 is 6.09 Å². The number of halogens is 1. The summed E-state index contributed by atoms with van der Waals surface area (Å²) in [4.78, 5) is 13.5. The van der Waals surface area contributed by atoms with E-state index in [-0.39, 0.29) is 11.9 Å². The van der Waals surface area contributed by atoms with Gasteiger partial charge in [0.05, 0.1) is 0 Å². The third-order valence-corrected chi connectivity index (χ3v) is 3.64. The predicted molar refractivity (Wildman–Crippen MR) is 80.8 cm³/mol. The molecule has 4 heteroatoms. The van der Waals surface area contributed by atoms with Crippen LogP contribution in [0, 0.1) is 18.7 Å². The van der Waals surface area contributed by atoms with Crippen molar-refractivity contribution in [2.24, 2.45) is 5.92 Å². The van der Waals surface area contributed by atoms with Gasteiger partial charge in [0.25, 0.3) is 0 Å². The summed E-state index contributed by atoms with van der Waals surface area (Å²) in [7, 11) is 0. The quantitative estimate of drug-likeness (QED) is 0.845. The van der Waals surface area contributed by atoms with E-state index in [2.05, 4.69) is 0 Å². The Balaban J connectivity index is 1.75. The molecule has 2 rings (SSSR count). The number of ether oxygens (including phenoxy) is 1. The normalized spacial score (nSPS) is 15.8. The van der Waals surface area contributed by atoms with Crippen LogP contribution in [0.15, 0.2) is 18.2 Å². The Hall–Kier alpha value is -1.58. The summed E-state index contributed by atoms with van der Waals surface area (Å²) in [6, 6.07) is 5.37. The predicted octanol–water partition coefficient (Wildman–Crippen LogP) is 3.93. The van der Waals surface area contributed by atoms with Gasteiger partial charge in [-0.3, -0.25) is 0 Å². The van der Waals surface area contributed by atoms with Crippen molar-refractivity contribution in [3.63, 3.8) is 0 Å². The Bertz CT molecular complexity index is 516. The molecule has 0 spiro atoms. The smallest absolute Gasteiger partial charge is 0.410 e. The zero-order valence-corrected chi connectivity index (χ0v) is 13.3. The number of carbonyl (C=O) groups is 1. The first kappa shape index (κ1) is 15.8. The van der Waals surface area contributed by atoms with Crippen molar-refractivity contribution in [3.8, 4) is 0 Å². The molecule has 1 aliphatic heterocycles. The summed E-state index contributed by atoms with van der Waals surface area (Å²) in [6.07, 6.45) is 1.37. The molecule has 0 aromatic heterocycles. The second-order valence-electron chi connectivity index (χ2n) is 6.88. The summed E-state index contributed by atoms with van der Waals surface area (Å²) in [5.41, 5.74) is 1.25. The molecule has 1 amide bonds. The van der Waals surface area contributed by atoms with E-state index in [0.717, 1.165) is 24.0 Å². The zero-order valence-electron chi connectivity index (χ0n) is 13.3. The highest BCUT2D eigenvalue weighted by Crippen LogP contribution is 2.24. The second kappa shape index (κ2) is 6.04. The molecule has 0 N–H and O–H groups in total. The molecule has 0 aliphatic carbocycles. The van der Waals surface area contributed by atoms with Gasteiger partial charge in [-0.25, -0.2) is 9.18 Å². The van der Waals surface area contributed by atoms with E-state index >= 15 is 0 Å². The average molecular weight is 293 g/mol. The molecule has 0 radical (unpaired) electrons. The minimum Gasteiger partial charge on any atom is -0.444 e. The number of likely N-dealkylation sites (tertiary alicyclic amines) is 1. The zero-order chi connectivity index (χ0) is 15.6. The van der Waals surface area contributed by atoms with E-state index in [1.54, 1.807) is 11.0 Å². The Kier molecular flexibility index (Phi) is 4.55. The van der Waals surface area contributed by atoms with Gasteiger partial charge in [0.2, 0.25) is 0 Å². The highest BCUT2D eigenvalue weighted by molar-refractivity contribution is 5.69.